The minimum Gasteiger partial charge on any atom is -0.141 e. The van der Waals surface area contributed by atoms with Gasteiger partial charge in [0.25, 0.3) is 0 Å². The molecule has 0 radical (unpaired) electrons. The lowest BCUT2D eigenvalue weighted by molar-refractivity contribution is 0.707. The molecule has 0 aliphatic heterocycles. The van der Waals surface area contributed by atoms with Gasteiger partial charge in [-0.25, -0.2) is 0 Å². The van der Waals surface area contributed by atoms with Gasteiger partial charge in [-0.15, -0.1) is 23.5 Å². The molecule has 0 saturated carbocycles. The Bertz CT molecular complexity index is 1380. The third-order valence-electron chi connectivity index (χ3n) is 8.76. The standard InChI is InChI=1S/C44H42S2/c1(21-35-45-43(37-23-9-3-10-24-37,38-25-11-4-12-26-38)39-27-13-5-14-28-39)2-22-36-46-44(40-29-15-6-16-30-40,41-31-17-7-18-32-41)42-33-19-8-20-34-42/h3-20,23-34H,1-2,21-22,35-36H2. The van der Waals surface area contributed by atoms with Crippen LogP contribution in [0, 0.1) is 0 Å². The third-order valence-corrected chi connectivity index (χ3v) is 12.0. The molecule has 0 fully saturated rings. The van der Waals surface area contributed by atoms with Gasteiger partial charge in [0.1, 0.15) is 0 Å². The van der Waals surface area contributed by atoms with Crippen LogP contribution >= 0.6 is 23.5 Å². The van der Waals surface area contributed by atoms with Gasteiger partial charge in [0.2, 0.25) is 0 Å². The molecule has 0 nitrogen and oxygen atoms in total. The molecule has 0 aliphatic rings. The fraction of sp³-hybridized carbons (Fsp3) is 0.182. The molecule has 0 aliphatic carbocycles. The maximum Gasteiger partial charge on any atom is 0.0906 e. The van der Waals surface area contributed by atoms with E-state index in [0.29, 0.717) is 0 Å². The molecular formula is C44H42S2. The Morgan fingerprint density at radius 1 is 0.261 bits per heavy atom. The number of hydrogen-bond acceptors (Lipinski definition) is 2. The van der Waals surface area contributed by atoms with Gasteiger partial charge in [-0.1, -0.05) is 195 Å². The largest absolute Gasteiger partial charge is 0.141 e. The maximum absolute atomic E-state index is 2.29. The van der Waals surface area contributed by atoms with Crippen LogP contribution in [0.2, 0.25) is 0 Å². The van der Waals surface area contributed by atoms with E-state index in [1.54, 1.807) is 0 Å². The van der Waals surface area contributed by atoms with Crippen LogP contribution in [0.15, 0.2) is 182 Å². The fourth-order valence-corrected chi connectivity index (χ4v) is 9.67. The van der Waals surface area contributed by atoms with Gasteiger partial charge in [-0.05, 0) is 57.7 Å². The van der Waals surface area contributed by atoms with Crippen LogP contribution in [0.4, 0.5) is 0 Å². The molecule has 6 aromatic carbocycles. The Morgan fingerprint density at radius 3 is 0.652 bits per heavy atom. The van der Waals surface area contributed by atoms with Crippen LogP contribution in [0.3, 0.4) is 0 Å². The van der Waals surface area contributed by atoms with E-state index in [1.165, 1.54) is 59.1 Å². The van der Waals surface area contributed by atoms with Gasteiger partial charge in [-0.3, -0.25) is 0 Å². The van der Waals surface area contributed by atoms with Gasteiger partial charge in [0, 0.05) is 0 Å². The predicted octanol–water partition coefficient (Wildman–Crippen LogP) is 12.0. The van der Waals surface area contributed by atoms with Crippen molar-refractivity contribution in [2.24, 2.45) is 0 Å². The van der Waals surface area contributed by atoms with Crippen molar-refractivity contribution < 1.29 is 0 Å². The van der Waals surface area contributed by atoms with Crippen molar-refractivity contribution >= 4 is 23.5 Å². The van der Waals surface area contributed by atoms with Crippen molar-refractivity contribution in [1.29, 1.82) is 0 Å². The summed E-state index contributed by atoms with van der Waals surface area (Å²) in [5.74, 6) is 2.21. The van der Waals surface area contributed by atoms with E-state index < -0.39 is 0 Å². The summed E-state index contributed by atoms with van der Waals surface area (Å²) in [6, 6.07) is 66.4. The van der Waals surface area contributed by atoms with Gasteiger partial charge < -0.3 is 0 Å². The highest BCUT2D eigenvalue weighted by Gasteiger charge is 2.37. The molecule has 6 rings (SSSR count). The topological polar surface area (TPSA) is 0 Å². The minimum absolute atomic E-state index is 0.236. The van der Waals surface area contributed by atoms with Crippen LogP contribution < -0.4 is 0 Å². The summed E-state index contributed by atoms with van der Waals surface area (Å²) in [6.07, 6.45) is 4.86. The molecule has 0 saturated heterocycles. The van der Waals surface area contributed by atoms with E-state index in [9.17, 15) is 0 Å². The molecule has 0 atom stereocenters. The zero-order chi connectivity index (χ0) is 31.3. The Balaban J connectivity index is 1.14. The van der Waals surface area contributed by atoms with Gasteiger partial charge in [0.15, 0.2) is 0 Å². The van der Waals surface area contributed by atoms with E-state index in [4.69, 9.17) is 0 Å². The normalized spacial score (nSPS) is 11.7. The van der Waals surface area contributed by atoms with Crippen molar-refractivity contribution in [2.45, 2.75) is 35.2 Å². The van der Waals surface area contributed by atoms with Crippen molar-refractivity contribution in [3.8, 4) is 0 Å². The minimum atomic E-state index is -0.236. The highest BCUT2D eigenvalue weighted by molar-refractivity contribution is 8.00. The zero-order valence-corrected chi connectivity index (χ0v) is 28.0. The lowest BCUT2D eigenvalue weighted by Crippen LogP contribution is -2.26. The highest BCUT2D eigenvalue weighted by atomic mass is 32.2. The summed E-state index contributed by atoms with van der Waals surface area (Å²) in [7, 11) is 0. The molecule has 0 bridgehead atoms. The molecule has 230 valence electrons. The smallest absolute Gasteiger partial charge is 0.0906 e. The first kappa shape index (κ1) is 32.0. The Labute approximate surface area is 284 Å². The molecule has 0 aromatic heterocycles. The monoisotopic (exact) mass is 634 g/mol. The first-order valence-corrected chi connectivity index (χ1v) is 18.4. The average Bonchev–Trinajstić information content (AvgIpc) is 3.15. The van der Waals surface area contributed by atoms with Crippen molar-refractivity contribution in [1.82, 2.24) is 0 Å². The second-order valence-electron chi connectivity index (χ2n) is 11.7. The molecular weight excluding hydrogens is 593 g/mol. The van der Waals surface area contributed by atoms with E-state index in [0.717, 1.165) is 11.5 Å². The second-order valence-corrected chi connectivity index (χ2v) is 14.3. The molecule has 0 unspecified atom stereocenters. The van der Waals surface area contributed by atoms with E-state index in [2.05, 4.69) is 206 Å². The SMILES string of the molecule is c1ccc(C(SCCCCCCSC(c2ccccc2)(c2ccccc2)c2ccccc2)(c2ccccc2)c2ccccc2)cc1. The fourth-order valence-electron chi connectivity index (χ4n) is 6.55. The Morgan fingerprint density at radius 2 is 0.457 bits per heavy atom. The summed E-state index contributed by atoms with van der Waals surface area (Å²) >= 11 is 4.17. The summed E-state index contributed by atoms with van der Waals surface area (Å²) < 4.78 is -0.472. The first-order chi connectivity index (χ1) is 22.8. The Hall–Kier alpha value is -3.98. The zero-order valence-electron chi connectivity index (χ0n) is 26.4. The number of benzene rings is 6. The highest BCUT2D eigenvalue weighted by Crippen LogP contribution is 2.50. The lowest BCUT2D eigenvalue weighted by atomic mass is 9.84. The lowest BCUT2D eigenvalue weighted by Gasteiger charge is -2.36. The molecule has 0 N–H and O–H groups in total. The molecule has 0 amide bonds. The summed E-state index contributed by atoms with van der Waals surface area (Å²) in [6.45, 7) is 0. The molecule has 0 spiro atoms. The molecule has 2 heteroatoms. The second kappa shape index (κ2) is 16.0. The molecule has 46 heavy (non-hydrogen) atoms. The van der Waals surface area contributed by atoms with Gasteiger partial charge in [0.05, 0.1) is 9.49 Å². The van der Waals surface area contributed by atoms with Crippen LogP contribution in [-0.2, 0) is 9.49 Å². The summed E-state index contributed by atoms with van der Waals surface area (Å²) in [5, 5.41) is 0. The van der Waals surface area contributed by atoms with Crippen molar-refractivity contribution in [3.05, 3.63) is 215 Å². The summed E-state index contributed by atoms with van der Waals surface area (Å²) in [4.78, 5) is 0. The van der Waals surface area contributed by atoms with Gasteiger partial charge >= 0.3 is 0 Å². The maximum atomic E-state index is 2.29. The summed E-state index contributed by atoms with van der Waals surface area (Å²) in [5.41, 5.74) is 8.04. The van der Waals surface area contributed by atoms with Gasteiger partial charge in [-0.2, -0.15) is 0 Å². The van der Waals surface area contributed by atoms with Crippen LogP contribution in [0.1, 0.15) is 59.1 Å². The average molecular weight is 635 g/mol. The number of hydrogen-bond donors (Lipinski definition) is 0. The van der Waals surface area contributed by atoms with Crippen LogP contribution in [-0.4, -0.2) is 11.5 Å². The van der Waals surface area contributed by atoms with Crippen molar-refractivity contribution in [3.63, 3.8) is 0 Å². The Kier molecular flexibility index (Phi) is 11.1. The first-order valence-electron chi connectivity index (χ1n) is 16.4. The van der Waals surface area contributed by atoms with E-state index in [-0.39, 0.29) is 9.49 Å². The number of thioether (sulfide) groups is 2. The number of rotatable bonds is 15. The van der Waals surface area contributed by atoms with E-state index >= 15 is 0 Å². The third kappa shape index (κ3) is 7.04. The van der Waals surface area contributed by atoms with E-state index in [1.807, 2.05) is 0 Å². The quantitative estimate of drug-likeness (QED) is 0.0814. The van der Waals surface area contributed by atoms with Crippen LogP contribution in [0.25, 0.3) is 0 Å². The van der Waals surface area contributed by atoms with Crippen LogP contribution in [0.5, 0.6) is 0 Å². The van der Waals surface area contributed by atoms with Crippen molar-refractivity contribution in [2.75, 3.05) is 11.5 Å². The molecule has 0 heterocycles. The number of unbranched alkanes of at least 4 members (excludes halogenated alkanes) is 3. The predicted molar refractivity (Wildman–Crippen MR) is 202 cm³/mol. The molecule has 6 aromatic rings.